The second-order valence-electron chi connectivity index (χ2n) is 37.3. The number of benzene rings is 3. The number of imidazole rings is 3. The number of amides is 1. The van der Waals surface area contributed by atoms with E-state index >= 15 is 0 Å². The highest BCUT2D eigenvalue weighted by atomic mass is 16.5. The number of carbonyl (C=O) groups is 1. The van der Waals surface area contributed by atoms with Crippen LogP contribution < -0.4 is 0 Å². The van der Waals surface area contributed by atoms with Crippen LogP contribution in [0.5, 0.6) is 0 Å². The van der Waals surface area contributed by atoms with Crippen LogP contribution in [0.1, 0.15) is 278 Å². The number of piperidine rings is 1. The van der Waals surface area contributed by atoms with Crippen LogP contribution in [0.15, 0.2) is 141 Å². The van der Waals surface area contributed by atoms with Crippen molar-refractivity contribution in [1.29, 1.82) is 0 Å². The third kappa shape index (κ3) is 18.5. The molecular formula is C91H124N14O3. The predicted molar refractivity (Wildman–Crippen MR) is 443 cm³/mol. The summed E-state index contributed by atoms with van der Waals surface area (Å²) in [5.41, 5.74) is 18.1. The van der Waals surface area contributed by atoms with Gasteiger partial charge in [0.25, 0.3) is 0 Å². The van der Waals surface area contributed by atoms with Gasteiger partial charge in [-0.05, 0) is 175 Å². The Morgan fingerprint density at radius 1 is 0.398 bits per heavy atom. The lowest BCUT2D eigenvalue weighted by atomic mass is 9.86. The Labute approximate surface area is 642 Å². The fourth-order valence-electron chi connectivity index (χ4n) is 15.1. The summed E-state index contributed by atoms with van der Waals surface area (Å²) in [5, 5.41) is 2.25. The highest BCUT2D eigenvalue weighted by Gasteiger charge is 2.29. The van der Waals surface area contributed by atoms with Gasteiger partial charge in [0.1, 0.15) is 22.9 Å². The molecule has 0 spiro atoms. The highest BCUT2D eigenvalue weighted by molar-refractivity contribution is 5.80. The molecule has 0 bridgehead atoms. The van der Waals surface area contributed by atoms with Gasteiger partial charge in [0.2, 0.25) is 5.91 Å². The van der Waals surface area contributed by atoms with E-state index in [4.69, 9.17) is 19.4 Å². The molecule has 12 heterocycles. The van der Waals surface area contributed by atoms with Crippen molar-refractivity contribution >= 4 is 66.6 Å². The van der Waals surface area contributed by atoms with Crippen molar-refractivity contribution in [3.8, 4) is 0 Å². The average Bonchev–Trinajstić information content (AvgIpc) is 1.66. The van der Waals surface area contributed by atoms with Crippen LogP contribution >= 0.6 is 0 Å². The molecule has 108 heavy (non-hydrogen) atoms. The van der Waals surface area contributed by atoms with Gasteiger partial charge in [-0.25, -0.2) is 34.9 Å². The Morgan fingerprint density at radius 3 is 1.18 bits per heavy atom. The number of rotatable bonds is 5. The summed E-state index contributed by atoms with van der Waals surface area (Å²) in [5.74, 6) is 1.99. The molecule has 1 amide bonds. The number of nitrogens with zero attached hydrogens (tertiary/aromatic N) is 14. The van der Waals surface area contributed by atoms with Gasteiger partial charge in [0.15, 0.2) is 0 Å². The van der Waals surface area contributed by atoms with Gasteiger partial charge in [-0.3, -0.25) is 4.79 Å². The van der Waals surface area contributed by atoms with E-state index in [0.717, 1.165) is 110 Å². The van der Waals surface area contributed by atoms with Crippen LogP contribution in [-0.2, 0) is 46.8 Å². The number of pyridine rings is 1. The number of likely N-dealkylation sites (tertiary alicyclic amines) is 1. The van der Waals surface area contributed by atoms with Crippen LogP contribution in [0.2, 0.25) is 0 Å². The molecule has 5 aliphatic rings. The molecule has 17 nitrogen and oxygen atoms in total. The first kappa shape index (κ1) is 79.0. The summed E-state index contributed by atoms with van der Waals surface area (Å²) >= 11 is 0. The summed E-state index contributed by atoms with van der Waals surface area (Å²) in [6.45, 7) is 48.7. The summed E-state index contributed by atoms with van der Waals surface area (Å²) < 4.78 is 24.6. The van der Waals surface area contributed by atoms with Crippen LogP contribution in [0.3, 0.4) is 0 Å². The highest BCUT2D eigenvalue weighted by Crippen LogP contribution is 2.38. The zero-order valence-corrected chi connectivity index (χ0v) is 68.9. The molecule has 0 N–H and O–H groups in total. The Balaban J connectivity index is 0.000000122. The first-order valence-corrected chi connectivity index (χ1v) is 40.2. The zero-order chi connectivity index (χ0) is 77.3. The van der Waals surface area contributed by atoms with Gasteiger partial charge in [-0.15, -0.1) is 0 Å². The number of hydrogen-bond donors (Lipinski definition) is 0. The number of ether oxygens (including phenoxy) is 2. The van der Waals surface area contributed by atoms with Gasteiger partial charge < -0.3 is 41.6 Å². The van der Waals surface area contributed by atoms with Gasteiger partial charge >= 0.3 is 0 Å². The molecule has 5 fully saturated rings. The summed E-state index contributed by atoms with van der Waals surface area (Å²) in [6, 6.07) is 35.6. The smallest absolute Gasteiger partial charge is 0.219 e. The Bertz CT molecular complexity index is 4800. The fourth-order valence-corrected chi connectivity index (χ4v) is 15.1. The largest absolute Gasteiger partial charge is 0.381 e. The molecule has 12 aromatic rings. The molecule has 576 valence electrons. The Hall–Kier alpha value is -8.54. The molecule has 9 aromatic heterocycles. The molecule has 0 unspecified atom stereocenters. The topological polar surface area (TPSA) is 158 Å². The third-order valence-electron chi connectivity index (χ3n) is 22.6. The minimum absolute atomic E-state index is 0.00978. The van der Waals surface area contributed by atoms with Crippen LogP contribution in [0, 0.1) is 6.92 Å². The minimum atomic E-state index is -0.0543. The van der Waals surface area contributed by atoms with Crippen molar-refractivity contribution in [3.63, 3.8) is 0 Å². The number of hydrogen-bond acceptors (Lipinski definition) is 10. The summed E-state index contributed by atoms with van der Waals surface area (Å²) in [6.07, 6.45) is 31.2. The molecule has 3 saturated heterocycles. The lowest BCUT2D eigenvalue weighted by Gasteiger charge is -2.32. The molecule has 3 aliphatic heterocycles. The van der Waals surface area contributed by atoms with Gasteiger partial charge in [0.05, 0.1) is 71.3 Å². The normalized spacial score (nSPS) is 16.9. The first-order chi connectivity index (χ1) is 51.1. The van der Waals surface area contributed by atoms with Crippen LogP contribution in [0.25, 0.3) is 60.7 Å². The second kappa shape index (κ2) is 32.2. The maximum Gasteiger partial charge on any atom is 0.219 e. The number of carbonyl (C=O) groups excluding carboxylic acids is 1. The van der Waals surface area contributed by atoms with Gasteiger partial charge in [-0.2, -0.15) is 0 Å². The average molecular weight is 1460 g/mol. The number of aromatic nitrogens is 13. The van der Waals surface area contributed by atoms with E-state index in [9.17, 15) is 4.79 Å². The van der Waals surface area contributed by atoms with E-state index in [2.05, 4.69) is 293 Å². The fraction of sp³-hybridized carbons (Fsp3) is 0.538. The van der Waals surface area contributed by atoms with Gasteiger partial charge in [0, 0.05) is 121 Å². The monoisotopic (exact) mass is 1460 g/mol. The van der Waals surface area contributed by atoms with Crippen molar-refractivity contribution in [2.45, 2.75) is 278 Å². The zero-order valence-electron chi connectivity index (χ0n) is 68.9. The molecule has 3 aromatic carbocycles. The van der Waals surface area contributed by atoms with E-state index in [1.165, 1.54) is 107 Å². The van der Waals surface area contributed by atoms with Crippen molar-refractivity contribution in [3.05, 3.63) is 181 Å². The molecule has 17 rings (SSSR count). The predicted octanol–water partition coefficient (Wildman–Crippen LogP) is 21.3. The molecule has 0 atom stereocenters. The summed E-state index contributed by atoms with van der Waals surface area (Å²) in [7, 11) is 0. The van der Waals surface area contributed by atoms with Crippen LogP contribution in [-0.4, -0.2) is 112 Å². The van der Waals surface area contributed by atoms with E-state index < -0.39 is 0 Å². The minimum Gasteiger partial charge on any atom is -0.381 e. The van der Waals surface area contributed by atoms with Crippen molar-refractivity contribution in [2.75, 3.05) is 39.5 Å². The summed E-state index contributed by atoms with van der Waals surface area (Å²) in [4.78, 5) is 45.5. The Morgan fingerprint density at radius 2 is 0.787 bits per heavy atom. The van der Waals surface area contributed by atoms with Crippen molar-refractivity contribution in [2.24, 2.45) is 0 Å². The maximum atomic E-state index is 11.5. The first-order valence-electron chi connectivity index (χ1n) is 40.2. The van der Waals surface area contributed by atoms with Crippen molar-refractivity contribution < 1.29 is 14.3 Å². The van der Waals surface area contributed by atoms with E-state index in [-0.39, 0.29) is 38.4 Å². The standard InChI is InChI=1S/C17H24N4O.C16H23N3.C16H22N2O.C15H20N2.C14H18N2O.C13H17N/c1-12(22)20-8-6-14(7-9-20)21-10-5-13-11-18-16(17(2,3)4)19-15(13)21;1-16(2,3)15-17-11-12-9-10-19(14(12)18-15)13-7-5-4-6-8-13;1-16(2,3)12-4-5-14-15(10-12)18(11-17-14)13-6-8-19-9-7-13;1-15(2,3)11-7-8-13-14(9-11)17(10-16-13)12-5-4-6-12;1-14(2,3)10-4-5-12-13(6-10)16(9-15-12)11-7-17-8-11;1-10-5-7-12-8-6-11(9-14(10)12)13(2,3)4/h5,10-11,14H,6-9H2,1-4H3;9-11,13H,4-8H2,1-3H3;4-5,10-11,13H,6-9H2,1-3H3;7-10,12H,4-6H2,1-3H3;4-6,9,11H,7-8H2,1-3H3;5-9H,1-4H3. The lowest BCUT2D eigenvalue weighted by Crippen LogP contribution is -2.37. The van der Waals surface area contributed by atoms with E-state index in [1.807, 2.05) is 36.3 Å². The molecule has 2 aliphatic carbocycles. The van der Waals surface area contributed by atoms with Crippen LogP contribution in [0.4, 0.5) is 0 Å². The van der Waals surface area contributed by atoms with E-state index in [0.29, 0.717) is 30.2 Å². The number of aryl methyl sites for hydroxylation is 1. The molecule has 2 saturated carbocycles. The van der Waals surface area contributed by atoms with Gasteiger partial charge in [-0.1, -0.05) is 168 Å². The molecule has 17 heteroatoms. The quantitative estimate of drug-likeness (QED) is 0.162. The maximum absolute atomic E-state index is 11.5. The third-order valence-corrected chi connectivity index (χ3v) is 22.6. The number of fused-ring (bicyclic) bond motifs is 6. The Kier molecular flexibility index (Phi) is 23.6. The SMILES string of the molecule is CC(=O)N1CCC(n2ccc3cnc(C(C)(C)C)nc32)CC1.CC(C)(C)c1ccc2ncn(C3CCC3)c2c1.CC(C)(C)c1ccc2ncn(C3CCOCC3)c2c1.CC(C)(C)c1ccc2ncn(C3COC3)c2c1.CC(C)(C)c1ncc2ccn(C3CCCCC3)c2n1.Cc1ccc2ccc(C(C)(C)C)cn12. The molecule has 0 radical (unpaired) electrons. The second-order valence-corrected chi connectivity index (χ2v) is 37.3. The molecular weight excluding hydrogens is 1340 g/mol. The van der Waals surface area contributed by atoms with E-state index in [1.54, 1.807) is 6.92 Å². The lowest BCUT2D eigenvalue weighted by molar-refractivity contribution is -0.130. The van der Waals surface area contributed by atoms with Crippen molar-refractivity contribution in [1.82, 2.24) is 67.0 Å².